The van der Waals surface area contributed by atoms with Gasteiger partial charge in [0.1, 0.15) is 11.6 Å². The Morgan fingerprint density at radius 1 is 1.15 bits per heavy atom. The van der Waals surface area contributed by atoms with Gasteiger partial charge in [-0.25, -0.2) is 9.78 Å². The van der Waals surface area contributed by atoms with Gasteiger partial charge in [0.2, 0.25) is 0 Å². The van der Waals surface area contributed by atoms with Crippen LogP contribution in [0.15, 0.2) is 22.7 Å². The third-order valence-electron chi connectivity index (χ3n) is 6.34. The van der Waals surface area contributed by atoms with Crippen molar-refractivity contribution < 1.29 is 23.5 Å². The molecule has 1 aliphatic heterocycles. The van der Waals surface area contributed by atoms with Crippen LogP contribution in [0, 0.1) is 12.3 Å². The number of hydrogen-bond donors (Lipinski definition) is 0. The van der Waals surface area contributed by atoms with Crippen molar-refractivity contribution in [3.8, 4) is 0 Å². The third-order valence-corrected chi connectivity index (χ3v) is 6.34. The van der Waals surface area contributed by atoms with Crippen LogP contribution in [-0.4, -0.2) is 60.3 Å². The minimum atomic E-state index is -0.387. The van der Waals surface area contributed by atoms with Crippen molar-refractivity contribution in [1.82, 2.24) is 9.88 Å². The summed E-state index contributed by atoms with van der Waals surface area (Å²) in [5.41, 5.74) is 1.52. The van der Waals surface area contributed by atoms with Crippen molar-refractivity contribution in [3.05, 3.63) is 46.5 Å². The number of ketones is 1. The van der Waals surface area contributed by atoms with E-state index in [1.54, 1.807) is 17.9 Å². The topological polar surface area (TPSA) is 93.0 Å². The summed E-state index contributed by atoms with van der Waals surface area (Å²) < 4.78 is 11.0. The summed E-state index contributed by atoms with van der Waals surface area (Å²) in [6.45, 7) is 10.5. The van der Waals surface area contributed by atoms with Gasteiger partial charge in [-0.1, -0.05) is 13.8 Å². The summed E-state index contributed by atoms with van der Waals surface area (Å²) in [5, 5.41) is 0. The van der Waals surface area contributed by atoms with Crippen molar-refractivity contribution >= 4 is 23.5 Å². The Morgan fingerprint density at radius 2 is 1.94 bits per heavy atom. The number of pyridine rings is 1. The van der Waals surface area contributed by atoms with Crippen LogP contribution in [0.3, 0.4) is 0 Å². The van der Waals surface area contributed by atoms with Gasteiger partial charge in [0.15, 0.2) is 11.5 Å². The largest absolute Gasteiger partial charge is 0.462 e. The van der Waals surface area contributed by atoms with Crippen LogP contribution < -0.4 is 4.90 Å². The molecule has 0 atom stereocenters. The first-order valence-corrected chi connectivity index (χ1v) is 11.5. The molecule has 0 aromatic carbocycles. The molecule has 1 fully saturated rings. The number of amides is 1. The molecule has 0 bridgehead atoms. The summed E-state index contributed by atoms with van der Waals surface area (Å²) in [6.07, 6.45) is 3.42. The number of carbonyl (C=O) groups is 3. The molecule has 0 radical (unpaired) electrons. The predicted octanol–water partition coefficient (Wildman–Crippen LogP) is 3.67. The number of carbonyl (C=O) groups excluding carboxylic acids is 3. The number of rotatable bonds is 4. The van der Waals surface area contributed by atoms with Crippen LogP contribution in [0.4, 0.5) is 5.82 Å². The fourth-order valence-electron chi connectivity index (χ4n) is 4.69. The van der Waals surface area contributed by atoms with E-state index in [0.29, 0.717) is 61.5 Å². The number of fused-ring (bicyclic) bond motifs is 1. The molecule has 1 aliphatic carbocycles. The molecule has 8 heteroatoms. The van der Waals surface area contributed by atoms with Crippen LogP contribution in [-0.2, 0) is 11.2 Å². The highest BCUT2D eigenvalue weighted by Gasteiger charge is 2.38. The second-order valence-corrected chi connectivity index (χ2v) is 9.55. The van der Waals surface area contributed by atoms with Crippen molar-refractivity contribution in [3.63, 3.8) is 0 Å². The Morgan fingerprint density at radius 3 is 2.64 bits per heavy atom. The Kier molecular flexibility index (Phi) is 6.28. The van der Waals surface area contributed by atoms with Gasteiger partial charge >= 0.3 is 5.97 Å². The van der Waals surface area contributed by atoms with Crippen molar-refractivity contribution in [2.24, 2.45) is 5.41 Å². The number of Topliss-reactive ketones (excluding diaryl/α,β-unsaturated/α-hetero) is 1. The third kappa shape index (κ3) is 4.65. The maximum absolute atomic E-state index is 13.3. The minimum Gasteiger partial charge on any atom is -0.462 e. The lowest BCUT2D eigenvalue weighted by Crippen LogP contribution is -2.35. The lowest BCUT2D eigenvalue weighted by Gasteiger charge is -2.27. The quantitative estimate of drug-likeness (QED) is 0.652. The fourth-order valence-corrected chi connectivity index (χ4v) is 4.69. The molecule has 1 saturated heterocycles. The van der Waals surface area contributed by atoms with E-state index in [0.717, 1.165) is 18.8 Å². The minimum absolute atomic E-state index is 0.0564. The monoisotopic (exact) mass is 453 g/mol. The normalized spacial score (nSPS) is 18.0. The van der Waals surface area contributed by atoms with Crippen molar-refractivity contribution in [2.75, 3.05) is 37.7 Å². The number of aromatic nitrogens is 1. The molecule has 176 valence electrons. The number of ether oxygens (including phenoxy) is 1. The Hall–Kier alpha value is -3.16. The number of furan rings is 1. The van der Waals surface area contributed by atoms with E-state index in [-0.39, 0.29) is 28.8 Å². The molecular weight excluding hydrogens is 422 g/mol. The van der Waals surface area contributed by atoms with E-state index in [1.807, 2.05) is 26.8 Å². The zero-order valence-corrected chi connectivity index (χ0v) is 19.8. The zero-order chi connectivity index (χ0) is 23.8. The summed E-state index contributed by atoms with van der Waals surface area (Å²) >= 11 is 0. The molecule has 3 heterocycles. The van der Waals surface area contributed by atoms with Crippen molar-refractivity contribution in [2.45, 2.75) is 47.0 Å². The van der Waals surface area contributed by atoms with E-state index >= 15 is 0 Å². The molecule has 4 rings (SSSR count). The van der Waals surface area contributed by atoms with Gasteiger partial charge in [0.05, 0.1) is 17.7 Å². The zero-order valence-electron chi connectivity index (χ0n) is 19.8. The van der Waals surface area contributed by atoms with Gasteiger partial charge in [-0.2, -0.15) is 0 Å². The lowest BCUT2D eigenvalue weighted by molar-refractivity contribution is 0.0525. The molecule has 0 spiro atoms. The maximum Gasteiger partial charge on any atom is 0.339 e. The van der Waals surface area contributed by atoms with Crippen LogP contribution in [0.25, 0.3) is 0 Å². The summed E-state index contributed by atoms with van der Waals surface area (Å²) in [4.78, 5) is 46.1. The lowest BCUT2D eigenvalue weighted by atomic mass is 9.76. The highest BCUT2D eigenvalue weighted by Crippen LogP contribution is 2.38. The Bertz CT molecular complexity index is 1070. The van der Waals surface area contributed by atoms with Gasteiger partial charge in [-0.3, -0.25) is 9.59 Å². The molecule has 8 nitrogen and oxygen atoms in total. The fraction of sp³-hybridized carbons (Fsp3) is 0.520. The molecule has 0 N–H and O–H groups in total. The molecule has 2 aliphatic rings. The van der Waals surface area contributed by atoms with E-state index in [9.17, 15) is 14.4 Å². The standard InChI is InChI=1S/C25H31N3O5/c1-5-32-24(31)17-7-8-20(26-15-17)27-9-6-10-28(12-11-27)23(30)22-16(2)21-18(29)13-25(3,4)14-19(21)33-22/h7-8,15H,5-6,9-14H2,1-4H3. The predicted molar refractivity (Wildman–Crippen MR) is 123 cm³/mol. The molecule has 0 saturated carbocycles. The smallest absolute Gasteiger partial charge is 0.339 e. The number of nitrogens with zero attached hydrogens (tertiary/aromatic N) is 3. The molecule has 1 amide bonds. The number of anilines is 1. The van der Waals surface area contributed by atoms with E-state index in [1.165, 1.54) is 6.20 Å². The summed E-state index contributed by atoms with van der Waals surface area (Å²) in [6, 6.07) is 3.52. The molecule has 0 unspecified atom stereocenters. The van der Waals surface area contributed by atoms with Crippen LogP contribution in [0.2, 0.25) is 0 Å². The highest BCUT2D eigenvalue weighted by atomic mass is 16.5. The Balaban J connectivity index is 1.46. The van der Waals surface area contributed by atoms with E-state index < -0.39 is 0 Å². The first kappa shape index (κ1) is 23.0. The number of esters is 1. The average Bonchev–Trinajstić information content (AvgIpc) is 2.94. The van der Waals surface area contributed by atoms with Crippen LogP contribution in [0.5, 0.6) is 0 Å². The van der Waals surface area contributed by atoms with E-state index in [4.69, 9.17) is 9.15 Å². The highest BCUT2D eigenvalue weighted by molar-refractivity contribution is 6.03. The summed E-state index contributed by atoms with van der Waals surface area (Å²) in [5.74, 6) is 1.19. The van der Waals surface area contributed by atoms with Crippen LogP contribution in [0.1, 0.15) is 76.2 Å². The average molecular weight is 454 g/mol. The second-order valence-electron chi connectivity index (χ2n) is 9.55. The van der Waals surface area contributed by atoms with Crippen LogP contribution >= 0.6 is 0 Å². The SMILES string of the molecule is CCOC(=O)c1ccc(N2CCCN(C(=O)c3oc4c(c3C)C(=O)CC(C)(C)C4)CC2)nc1. The van der Waals surface area contributed by atoms with Gasteiger partial charge in [0, 0.05) is 50.8 Å². The molecule has 2 aromatic rings. The molecule has 2 aromatic heterocycles. The number of hydrogen-bond acceptors (Lipinski definition) is 7. The maximum atomic E-state index is 13.3. The first-order valence-electron chi connectivity index (χ1n) is 11.5. The Labute approximate surface area is 193 Å². The summed E-state index contributed by atoms with van der Waals surface area (Å²) in [7, 11) is 0. The van der Waals surface area contributed by atoms with Gasteiger partial charge < -0.3 is 19.0 Å². The molecular formula is C25H31N3O5. The van der Waals surface area contributed by atoms with Gasteiger partial charge in [0.25, 0.3) is 5.91 Å². The molecule has 33 heavy (non-hydrogen) atoms. The first-order chi connectivity index (χ1) is 15.7. The van der Waals surface area contributed by atoms with E-state index in [2.05, 4.69) is 9.88 Å². The van der Waals surface area contributed by atoms with Crippen molar-refractivity contribution in [1.29, 1.82) is 0 Å². The second kappa shape index (κ2) is 9.00. The van der Waals surface area contributed by atoms with Gasteiger partial charge in [-0.05, 0) is 37.8 Å². The van der Waals surface area contributed by atoms with Gasteiger partial charge in [-0.15, -0.1) is 0 Å².